The van der Waals surface area contributed by atoms with Crippen LogP contribution in [-0.4, -0.2) is 91.4 Å². The number of aromatic carboxylic acids is 2. The molecule has 1 spiro atoms. The predicted molar refractivity (Wildman–Crippen MR) is 202 cm³/mol. The van der Waals surface area contributed by atoms with Gasteiger partial charge in [-0.1, -0.05) is 0 Å². The number of ether oxygens (including phenoxy) is 1. The van der Waals surface area contributed by atoms with E-state index in [2.05, 4.69) is 28.6 Å². The van der Waals surface area contributed by atoms with E-state index in [1.807, 2.05) is 12.1 Å². The normalized spacial score (nSPS) is 21.0. The number of hydrogen-bond donors (Lipinski definition) is 2. The molecule has 0 radical (unpaired) electrons. The fourth-order valence-corrected chi connectivity index (χ4v) is 8.74. The zero-order valence-electron chi connectivity index (χ0n) is 30.7. The quantitative estimate of drug-likeness (QED) is 0.207. The fraction of sp³-hybridized carbons (Fsp3) is 0.462. The second-order valence-corrected chi connectivity index (χ2v) is 15.5. The van der Waals surface area contributed by atoms with Crippen LogP contribution in [0.3, 0.4) is 0 Å². The van der Waals surface area contributed by atoms with Gasteiger partial charge in [-0.25, -0.2) is 19.6 Å². The molecule has 2 aliphatic carbocycles. The molecule has 17 heteroatoms. The summed E-state index contributed by atoms with van der Waals surface area (Å²) >= 11 is 5.74. The molecule has 2 N–H and O–H groups in total. The van der Waals surface area contributed by atoms with E-state index in [1.165, 1.54) is 24.3 Å². The number of pyridine rings is 2. The zero-order valence-corrected chi connectivity index (χ0v) is 31.5. The van der Waals surface area contributed by atoms with Crippen molar-refractivity contribution in [1.29, 1.82) is 5.26 Å². The van der Waals surface area contributed by atoms with Crippen LogP contribution >= 0.6 is 12.2 Å². The minimum atomic E-state index is -4.84. The van der Waals surface area contributed by atoms with Gasteiger partial charge < -0.3 is 24.7 Å². The average Bonchev–Trinajstić information content (AvgIpc) is 3.37. The molecule has 7 rings (SSSR count). The van der Waals surface area contributed by atoms with E-state index in [-0.39, 0.29) is 28.0 Å². The first-order valence-corrected chi connectivity index (χ1v) is 18.9. The lowest BCUT2D eigenvalue weighted by atomic mass is 9.75. The van der Waals surface area contributed by atoms with Crippen LogP contribution in [0.2, 0.25) is 0 Å². The van der Waals surface area contributed by atoms with Gasteiger partial charge >= 0.3 is 18.1 Å². The second-order valence-electron chi connectivity index (χ2n) is 15.1. The molecule has 1 amide bonds. The number of thiocarbonyl (C=S) groups is 1. The molecule has 4 fully saturated rings. The minimum Gasteiger partial charge on any atom is -0.490 e. The summed E-state index contributed by atoms with van der Waals surface area (Å²) in [4.78, 5) is 52.8. The zero-order chi connectivity index (χ0) is 40.1. The number of aromatic nitrogens is 2. The maximum atomic E-state index is 13.8. The van der Waals surface area contributed by atoms with Crippen LogP contribution in [0.25, 0.3) is 0 Å². The SMILES string of the molecule is CC(C)N(CC1CCN(c2ccc(N3C(=S)N(c4cnc(C#N)c(C(F)(F)F)c4)C(=O)C34CCC4)cn2)CC1)C1CC(Oc2ccc(C(=O)O)c(C(=O)O)c2)C1. The number of amides is 1. The van der Waals surface area contributed by atoms with E-state index in [9.17, 15) is 43.0 Å². The summed E-state index contributed by atoms with van der Waals surface area (Å²) in [6, 6.07) is 10.6. The van der Waals surface area contributed by atoms with Gasteiger partial charge in [0.05, 0.1) is 40.5 Å². The van der Waals surface area contributed by atoms with Crippen molar-refractivity contribution in [3.63, 3.8) is 0 Å². The van der Waals surface area contributed by atoms with Crippen molar-refractivity contribution in [2.24, 2.45) is 5.92 Å². The number of halogens is 3. The minimum absolute atomic E-state index is 0.0328. The lowest BCUT2D eigenvalue weighted by molar-refractivity contribution is -0.138. The molecule has 1 aromatic carbocycles. The maximum absolute atomic E-state index is 13.8. The molecule has 0 bridgehead atoms. The molecule has 4 aliphatic rings. The Morgan fingerprint density at radius 2 is 1.71 bits per heavy atom. The lowest BCUT2D eigenvalue weighted by Crippen LogP contribution is -2.55. The average molecular weight is 792 g/mol. The topological polar surface area (TPSA) is 163 Å². The van der Waals surface area contributed by atoms with E-state index in [0.717, 1.165) is 74.7 Å². The van der Waals surface area contributed by atoms with Gasteiger partial charge in [-0.15, -0.1) is 0 Å². The Balaban J connectivity index is 0.959. The lowest BCUT2D eigenvalue weighted by Gasteiger charge is -2.46. The van der Waals surface area contributed by atoms with Crippen LogP contribution in [0.15, 0.2) is 48.8 Å². The van der Waals surface area contributed by atoms with Crippen molar-refractivity contribution in [3.05, 3.63) is 71.2 Å². The number of carbonyl (C=O) groups is 3. The highest BCUT2D eigenvalue weighted by Gasteiger charge is 2.60. The van der Waals surface area contributed by atoms with Crippen molar-refractivity contribution in [2.45, 2.75) is 88.7 Å². The van der Waals surface area contributed by atoms with Crippen LogP contribution in [0.1, 0.15) is 90.8 Å². The first kappa shape index (κ1) is 38.9. The Kier molecular flexibility index (Phi) is 10.4. The largest absolute Gasteiger partial charge is 0.490 e. The van der Waals surface area contributed by atoms with E-state index >= 15 is 0 Å². The Hall–Kier alpha value is -5.34. The number of nitriles is 1. The van der Waals surface area contributed by atoms with Crippen LogP contribution in [0.4, 0.5) is 30.4 Å². The van der Waals surface area contributed by atoms with Crippen LogP contribution < -0.4 is 19.4 Å². The number of alkyl halides is 3. The van der Waals surface area contributed by atoms with Crippen molar-refractivity contribution < 1.29 is 42.5 Å². The predicted octanol–water partition coefficient (Wildman–Crippen LogP) is 6.36. The van der Waals surface area contributed by atoms with E-state index in [0.29, 0.717) is 42.3 Å². The molecule has 3 aromatic rings. The molecular formula is C39H40F3N7O6S. The highest BCUT2D eigenvalue weighted by Crippen LogP contribution is 2.48. The highest BCUT2D eigenvalue weighted by molar-refractivity contribution is 7.81. The molecule has 2 saturated carbocycles. The number of anilines is 3. The molecule has 0 unspecified atom stereocenters. The molecule has 2 saturated heterocycles. The Bertz CT molecular complexity index is 2090. The van der Waals surface area contributed by atoms with Crippen LogP contribution in [0.5, 0.6) is 5.75 Å². The smallest absolute Gasteiger partial charge is 0.419 e. The van der Waals surface area contributed by atoms with Gasteiger partial charge in [0, 0.05) is 44.6 Å². The summed E-state index contributed by atoms with van der Waals surface area (Å²) in [6.07, 6.45) is 2.96. The molecule has 2 aliphatic heterocycles. The van der Waals surface area contributed by atoms with Gasteiger partial charge in [-0.05, 0) is 100 Å². The Morgan fingerprint density at radius 3 is 2.27 bits per heavy atom. The maximum Gasteiger partial charge on any atom is 0.419 e. The summed E-state index contributed by atoms with van der Waals surface area (Å²) in [5, 5.41) is 28.0. The number of carboxylic acid groups (broad SMARTS) is 2. The van der Waals surface area contributed by atoms with E-state index in [4.69, 9.17) is 21.9 Å². The third-order valence-electron chi connectivity index (χ3n) is 11.5. The molecule has 4 heterocycles. The molecule has 13 nitrogen and oxygen atoms in total. The van der Waals surface area contributed by atoms with Crippen LogP contribution in [0, 0.1) is 17.2 Å². The van der Waals surface area contributed by atoms with Gasteiger partial charge in [0.1, 0.15) is 29.3 Å². The Morgan fingerprint density at radius 1 is 1.04 bits per heavy atom. The van der Waals surface area contributed by atoms with Crippen molar-refractivity contribution >= 4 is 52.4 Å². The third-order valence-corrected chi connectivity index (χ3v) is 11.9. The molecular weight excluding hydrogens is 752 g/mol. The summed E-state index contributed by atoms with van der Waals surface area (Å²) in [5.41, 5.74) is -3.21. The molecule has 294 valence electrons. The number of rotatable bonds is 11. The summed E-state index contributed by atoms with van der Waals surface area (Å²) in [6.45, 7) is 6.86. The number of hydrogen-bond acceptors (Lipinski definition) is 10. The number of piperidine rings is 1. The standard InChI is InChI=1S/C39H40F3N7O6S/c1-22(2)47(25-14-28(15-25)55-27-5-6-29(34(50)51)30(17-27)35(52)53)21-23-8-12-46(13-9-23)33-7-4-24(19-45-33)49-37(56)48(36(54)38(49)10-3-11-38)26-16-31(39(40,41)42)32(18-43)44-20-26/h4-7,16-17,19-20,22-23,25,28H,3,8-15,21H2,1-2H3,(H,50,51)(H,52,53). The van der Waals surface area contributed by atoms with Crippen molar-refractivity contribution in [1.82, 2.24) is 14.9 Å². The first-order valence-electron chi connectivity index (χ1n) is 18.5. The van der Waals surface area contributed by atoms with Crippen molar-refractivity contribution in [3.8, 4) is 11.8 Å². The van der Waals surface area contributed by atoms with Gasteiger partial charge in [-0.2, -0.15) is 18.4 Å². The van der Waals surface area contributed by atoms with Crippen molar-refractivity contribution in [2.75, 3.05) is 34.3 Å². The monoisotopic (exact) mass is 791 g/mol. The first-order chi connectivity index (χ1) is 26.6. The summed E-state index contributed by atoms with van der Waals surface area (Å²) < 4.78 is 47.3. The number of carbonyl (C=O) groups excluding carboxylic acids is 1. The second kappa shape index (κ2) is 15.0. The third kappa shape index (κ3) is 7.11. The number of benzene rings is 1. The summed E-state index contributed by atoms with van der Waals surface area (Å²) in [5.74, 6) is -1.48. The number of nitrogens with zero attached hydrogens (tertiary/aromatic N) is 7. The number of carboxylic acids is 2. The van der Waals surface area contributed by atoms with Crippen LogP contribution in [-0.2, 0) is 11.0 Å². The molecule has 56 heavy (non-hydrogen) atoms. The molecule has 2 aromatic heterocycles. The van der Waals surface area contributed by atoms with E-state index < -0.39 is 40.8 Å². The van der Waals surface area contributed by atoms with Gasteiger partial charge in [0.15, 0.2) is 10.8 Å². The summed E-state index contributed by atoms with van der Waals surface area (Å²) in [7, 11) is 0. The molecule has 0 atom stereocenters. The fourth-order valence-electron chi connectivity index (χ4n) is 8.27. The Labute approximate surface area is 326 Å². The highest BCUT2D eigenvalue weighted by atomic mass is 32.1. The van der Waals surface area contributed by atoms with E-state index in [1.54, 1.807) is 11.1 Å². The van der Waals surface area contributed by atoms with Gasteiger partial charge in [0.2, 0.25) is 0 Å². The van der Waals surface area contributed by atoms with Gasteiger partial charge in [0.25, 0.3) is 5.91 Å². The van der Waals surface area contributed by atoms with Gasteiger partial charge in [-0.3, -0.25) is 14.6 Å².